The van der Waals surface area contributed by atoms with E-state index in [2.05, 4.69) is 5.32 Å². The second-order valence-corrected chi connectivity index (χ2v) is 5.78. The van der Waals surface area contributed by atoms with Crippen LogP contribution in [0.2, 0.25) is 0 Å². The molecule has 2 rings (SSSR count). The molecule has 5 heteroatoms. The number of halogens is 1. The van der Waals surface area contributed by atoms with E-state index in [9.17, 15) is 4.79 Å². The van der Waals surface area contributed by atoms with Gasteiger partial charge in [0.05, 0.1) is 0 Å². The van der Waals surface area contributed by atoms with Gasteiger partial charge in [-0.2, -0.15) is 0 Å². The van der Waals surface area contributed by atoms with E-state index in [1.54, 1.807) is 0 Å². The summed E-state index contributed by atoms with van der Waals surface area (Å²) in [5.74, 6) is 0.598. The van der Waals surface area contributed by atoms with E-state index in [0.717, 1.165) is 16.9 Å². The van der Waals surface area contributed by atoms with Crippen LogP contribution < -0.4 is 15.8 Å². The minimum absolute atomic E-state index is 0. The molecule has 0 radical (unpaired) electrons. The van der Waals surface area contributed by atoms with Crippen molar-refractivity contribution in [3.63, 3.8) is 0 Å². The number of carbonyl (C=O) groups is 1. The number of rotatable bonds is 7. The lowest BCUT2D eigenvalue weighted by Crippen LogP contribution is -2.38. The number of benzene rings is 2. The van der Waals surface area contributed by atoms with Gasteiger partial charge in [-0.25, -0.2) is 0 Å². The van der Waals surface area contributed by atoms with Crippen LogP contribution in [0.4, 0.5) is 0 Å². The van der Waals surface area contributed by atoms with Crippen LogP contribution in [0, 0.1) is 5.92 Å². The third-order valence-corrected chi connectivity index (χ3v) is 3.84. The predicted octanol–water partition coefficient (Wildman–Crippen LogP) is 3.29. The Morgan fingerprint density at radius 2 is 1.67 bits per heavy atom. The average Bonchev–Trinajstić information content (AvgIpc) is 2.59. The van der Waals surface area contributed by atoms with Gasteiger partial charge in [0.2, 0.25) is 5.91 Å². The molecule has 2 unspecified atom stereocenters. The molecule has 0 saturated carbocycles. The summed E-state index contributed by atoms with van der Waals surface area (Å²) in [4.78, 5) is 11.9. The zero-order valence-electron chi connectivity index (χ0n) is 14.1. The molecule has 0 heterocycles. The Bertz CT molecular complexity index is 615. The predicted molar refractivity (Wildman–Crippen MR) is 99.1 cm³/mol. The van der Waals surface area contributed by atoms with Crippen molar-refractivity contribution in [3.8, 4) is 5.75 Å². The van der Waals surface area contributed by atoms with Crippen LogP contribution in [0.1, 0.15) is 25.0 Å². The Labute approximate surface area is 149 Å². The van der Waals surface area contributed by atoms with Gasteiger partial charge < -0.3 is 15.8 Å². The summed E-state index contributed by atoms with van der Waals surface area (Å²) in [6.07, 6.45) is 0. The van der Waals surface area contributed by atoms with Crippen LogP contribution in [0.5, 0.6) is 5.75 Å². The summed E-state index contributed by atoms with van der Waals surface area (Å²) in [7, 11) is 0. The second-order valence-electron chi connectivity index (χ2n) is 5.78. The third-order valence-electron chi connectivity index (χ3n) is 3.84. The summed E-state index contributed by atoms with van der Waals surface area (Å²) < 4.78 is 5.74. The topological polar surface area (TPSA) is 64.4 Å². The highest BCUT2D eigenvalue weighted by Crippen LogP contribution is 2.14. The van der Waals surface area contributed by atoms with Crippen LogP contribution >= 0.6 is 12.4 Å². The maximum Gasteiger partial charge on any atom is 0.224 e. The first-order chi connectivity index (χ1) is 11.1. The highest BCUT2D eigenvalue weighted by molar-refractivity contribution is 5.85. The van der Waals surface area contributed by atoms with E-state index < -0.39 is 0 Å². The molecule has 2 aromatic rings. The van der Waals surface area contributed by atoms with Gasteiger partial charge in [0.15, 0.2) is 0 Å². The number of carbonyl (C=O) groups excluding carboxylic acids is 1. The fourth-order valence-electron chi connectivity index (χ4n) is 2.03. The molecule has 0 aliphatic carbocycles. The van der Waals surface area contributed by atoms with Crippen molar-refractivity contribution >= 4 is 18.3 Å². The van der Waals surface area contributed by atoms with Crippen LogP contribution in [0.3, 0.4) is 0 Å². The Hall–Kier alpha value is -2.04. The number of ether oxygens (including phenoxy) is 1. The second kappa shape index (κ2) is 9.96. The van der Waals surface area contributed by atoms with Gasteiger partial charge in [0.1, 0.15) is 12.4 Å². The van der Waals surface area contributed by atoms with Crippen LogP contribution in [0.15, 0.2) is 54.6 Å². The lowest BCUT2D eigenvalue weighted by Gasteiger charge is -2.15. The van der Waals surface area contributed by atoms with E-state index in [4.69, 9.17) is 10.5 Å². The highest BCUT2D eigenvalue weighted by atomic mass is 35.5. The molecule has 3 N–H and O–H groups in total. The van der Waals surface area contributed by atoms with Gasteiger partial charge in [-0.15, -0.1) is 12.4 Å². The Morgan fingerprint density at radius 1 is 1.04 bits per heavy atom. The fraction of sp³-hybridized carbons (Fsp3) is 0.316. The molecule has 0 aromatic heterocycles. The lowest BCUT2D eigenvalue weighted by atomic mass is 10.0. The molecule has 1 amide bonds. The summed E-state index contributed by atoms with van der Waals surface area (Å²) in [6.45, 7) is 4.71. The Kier molecular flexibility index (Phi) is 8.30. The van der Waals surface area contributed by atoms with Crippen molar-refractivity contribution in [2.75, 3.05) is 0 Å². The Balaban J connectivity index is 0.00000288. The minimum atomic E-state index is -0.191. The fourth-order valence-corrected chi connectivity index (χ4v) is 2.03. The molecule has 4 nitrogen and oxygen atoms in total. The zero-order valence-corrected chi connectivity index (χ0v) is 14.9. The monoisotopic (exact) mass is 348 g/mol. The van der Waals surface area contributed by atoms with Gasteiger partial charge in [-0.1, -0.05) is 49.4 Å². The minimum Gasteiger partial charge on any atom is -0.489 e. The molecule has 0 spiro atoms. The summed E-state index contributed by atoms with van der Waals surface area (Å²) in [5, 5.41) is 2.90. The van der Waals surface area contributed by atoms with Gasteiger partial charge in [-0.3, -0.25) is 4.79 Å². The van der Waals surface area contributed by atoms with Crippen molar-refractivity contribution in [2.24, 2.45) is 11.7 Å². The van der Waals surface area contributed by atoms with Crippen molar-refractivity contribution in [1.29, 1.82) is 0 Å². The van der Waals surface area contributed by atoms with E-state index in [-0.39, 0.29) is 30.3 Å². The molecule has 0 aliphatic heterocycles. The molecule has 0 fully saturated rings. The molecule has 130 valence electrons. The molecule has 0 aliphatic rings. The molecule has 0 bridgehead atoms. The van der Waals surface area contributed by atoms with Crippen LogP contribution in [-0.4, -0.2) is 11.9 Å². The van der Waals surface area contributed by atoms with E-state index in [1.807, 2.05) is 68.4 Å². The number of amides is 1. The molecule has 24 heavy (non-hydrogen) atoms. The Morgan fingerprint density at radius 3 is 2.25 bits per heavy atom. The molecular weight excluding hydrogens is 324 g/mol. The first-order valence-electron chi connectivity index (χ1n) is 7.85. The van der Waals surface area contributed by atoms with Crippen LogP contribution in [0.25, 0.3) is 0 Å². The van der Waals surface area contributed by atoms with E-state index in [0.29, 0.717) is 13.2 Å². The number of hydrogen-bond acceptors (Lipinski definition) is 3. The largest absolute Gasteiger partial charge is 0.489 e. The molecule has 2 atom stereocenters. The molecule has 2 aromatic carbocycles. The van der Waals surface area contributed by atoms with Crippen molar-refractivity contribution in [3.05, 3.63) is 65.7 Å². The van der Waals surface area contributed by atoms with Crippen molar-refractivity contribution in [1.82, 2.24) is 5.32 Å². The first kappa shape index (κ1) is 20.0. The maximum atomic E-state index is 11.9. The molecular formula is C19H25ClN2O2. The number of hydrogen-bond donors (Lipinski definition) is 2. The highest BCUT2D eigenvalue weighted by Gasteiger charge is 2.16. The van der Waals surface area contributed by atoms with Gasteiger partial charge in [-0.05, 0) is 30.2 Å². The SMILES string of the molecule is CC(N)C(C)C(=O)NCc1ccc(OCc2ccccc2)cc1.Cl. The zero-order chi connectivity index (χ0) is 16.7. The number of nitrogens with two attached hydrogens (primary N) is 1. The van der Waals surface area contributed by atoms with E-state index in [1.165, 1.54) is 0 Å². The lowest BCUT2D eigenvalue weighted by molar-refractivity contribution is -0.125. The number of nitrogens with one attached hydrogen (secondary N) is 1. The van der Waals surface area contributed by atoms with Gasteiger partial charge in [0, 0.05) is 18.5 Å². The third kappa shape index (κ3) is 6.22. The van der Waals surface area contributed by atoms with Crippen molar-refractivity contribution < 1.29 is 9.53 Å². The quantitative estimate of drug-likeness (QED) is 0.807. The maximum absolute atomic E-state index is 11.9. The smallest absolute Gasteiger partial charge is 0.224 e. The van der Waals surface area contributed by atoms with Crippen LogP contribution in [-0.2, 0) is 17.9 Å². The summed E-state index contributed by atoms with van der Waals surface area (Å²) >= 11 is 0. The normalized spacial score (nSPS) is 12.6. The molecule has 0 saturated heterocycles. The van der Waals surface area contributed by atoms with Gasteiger partial charge in [0.25, 0.3) is 0 Å². The van der Waals surface area contributed by atoms with E-state index >= 15 is 0 Å². The summed E-state index contributed by atoms with van der Waals surface area (Å²) in [6, 6.07) is 17.6. The standard InChI is InChI=1S/C19H24N2O2.ClH/c1-14(15(2)20)19(22)21-12-16-8-10-18(11-9-16)23-13-17-6-4-3-5-7-17;/h3-11,14-15H,12-13,20H2,1-2H3,(H,21,22);1H. The first-order valence-corrected chi connectivity index (χ1v) is 7.85. The van der Waals surface area contributed by atoms with Crippen molar-refractivity contribution in [2.45, 2.75) is 33.0 Å². The summed E-state index contributed by atoms with van der Waals surface area (Å²) in [5.41, 5.74) is 7.89. The average molecular weight is 349 g/mol. The van der Waals surface area contributed by atoms with Gasteiger partial charge >= 0.3 is 0 Å².